The van der Waals surface area contributed by atoms with Crippen molar-refractivity contribution in [3.8, 4) is 0 Å². The van der Waals surface area contributed by atoms with Crippen LogP contribution in [0.25, 0.3) is 0 Å². The van der Waals surface area contributed by atoms with E-state index in [0.717, 1.165) is 0 Å². The zero-order valence-corrected chi connectivity index (χ0v) is 15.7. The molecule has 1 aliphatic heterocycles. The third-order valence-corrected chi connectivity index (χ3v) is 5.30. The molecule has 0 spiro atoms. The molecule has 1 aromatic heterocycles. The van der Waals surface area contributed by atoms with Crippen LogP contribution in [0.2, 0.25) is 0 Å². The van der Waals surface area contributed by atoms with Crippen molar-refractivity contribution >= 4 is 29.1 Å². The molecule has 142 valence electrons. The number of carbonyl (C=O) groups is 3. The summed E-state index contributed by atoms with van der Waals surface area (Å²) in [7, 11) is 0. The summed E-state index contributed by atoms with van der Waals surface area (Å²) in [6.07, 6.45) is 0. The molecule has 2 aromatic rings. The first kappa shape index (κ1) is 19.0. The van der Waals surface area contributed by atoms with Crippen molar-refractivity contribution < 1.29 is 18.8 Å². The van der Waals surface area contributed by atoms with Crippen LogP contribution in [0.3, 0.4) is 0 Å². The number of amides is 3. The van der Waals surface area contributed by atoms with E-state index in [1.165, 1.54) is 35.6 Å². The first-order valence-electron chi connectivity index (χ1n) is 8.63. The van der Waals surface area contributed by atoms with Crippen LogP contribution in [0.15, 0.2) is 41.8 Å². The maximum absolute atomic E-state index is 13.0. The average Bonchev–Trinajstić information content (AvgIpc) is 3.22. The molecule has 1 fully saturated rings. The Hall–Kier alpha value is -2.74. The molecule has 2 heterocycles. The molecule has 8 heteroatoms. The number of thiophene rings is 1. The Morgan fingerprint density at radius 2 is 1.67 bits per heavy atom. The van der Waals surface area contributed by atoms with Gasteiger partial charge in [0.25, 0.3) is 11.8 Å². The molecule has 1 aliphatic rings. The van der Waals surface area contributed by atoms with Crippen LogP contribution in [-0.2, 0) is 4.79 Å². The zero-order valence-electron chi connectivity index (χ0n) is 14.9. The third-order valence-electron chi connectivity index (χ3n) is 4.43. The Morgan fingerprint density at radius 1 is 1.04 bits per heavy atom. The Balaban J connectivity index is 1.52. The molecule has 0 aliphatic carbocycles. The van der Waals surface area contributed by atoms with E-state index in [9.17, 15) is 18.8 Å². The first-order valence-corrected chi connectivity index (χ1v) is 9.51. The normalized spacial score (nSPS) is 15.3. The van der Waals surface area contributed by atoms with Gasteiger partial charge in [-0.2, -0.15) is 0 Å². The van der Waals surface area contributed by atoms with Crippen molar-refractivity contribution in [1.82, 2.24) is 15.1 Å². The number of carbonyl (C=O) groups excluding carboxylic acids is 3. The monoisotopic (exact) mass is 389 g/mol. The second kappa shape index (κ2) is 8.30. The summed E-state index contributed by atoms with van der Waals surface area (Å²) in [6, 6.07) is 8.27. The highest BCUT2D eigenvalue weighted by Gasteiger charge is 2.28. The minimum atomic E-state index is -0.640. The molecule has 1 unspecified atom stereocenters. The number of piperazine rings is 1. The maximum Gasteiger partial charge on any atom is 0.261 e. The number of nitrogens with one attached hydrogen (secondary N) is 1. The Bertz CT molecular complexity index is 815. The summed E-state index contributed by atoms with van der Waals surface area (Å²) in [5.74, 6) is -1.01. The molecule has 0 saturated carbocycles. The van der Waals surface area contributed by atoms with Crippen molar-refractivity contribution in [2.24, 2.45) is 0 Å². The van der Waals surface area contributed by atoms with Gasteiger partial charge in [-0.05, 0) is 42.6 Å². The van der Waals surface area contributed by atoms with Gasteiger partial charge in [-0.15, -0.1) is 11.3 Å². The van der Waals surface area contributed by atoms with Gasteiger partial charge in [-0.25, -0.2) is 4.39 Å². The van der Waals surface area contributed by atoms with E-state index in [0.29, 0.717) is 36.6 Å². The maximum atomic E-state index is 13.0. The molecular formula is C19H20FN3O3S. The Kier molecular flexibility index (Phi) is 5.85. The second-order valence-electron chi connectivity index (χ2n) is 6.30. The van der Waals surface area contributed by atoms with Crippen molar-refractivity contribution in [2.75, 3.05) is 26.2 Å². The number of halogens is 1. The molecule has 1 atom stereocenters. The lowest BCUT2D eigenvalue weighted by molar-refractivity contribution is -0.134. The number of rotatable bonds is 4. The number of nitrogens with zero attached hydrogens (tertiary/aromatic N) is 2. The fourth-order valence-corrected chi connectivity index (χ4v) is 3.54. The van der Waals surface area contributed by atoms with Crippen LogP contribution in [0.5, 0.6) is 0 Å². The van der Waals surface area contributed by atoms with Crippen LogP contribution in [0.4, 0.5) is 4.39 Å². The smallest absolute Gasteiger partial charge is 0.261 e. The molecule has 1 N–H and O–H groups in total. The van der Waals surface area contributed by atoms with Gasteiger partial charge < -0.3 is 15.1 Å². The van der Waals surface area contributed by atoms with E-state index in [-0.39, 0.29) is 23.5 Å². The van der Waals surface area contributed by atoms with Crippen molar-refractivity contribution in [3.63, 3.8) is 0 Å². The lowest BCUT2D eigenvalue weighted by Gasteiger charge is -2.36. The van der Waals surface area contributed by atoms with Gasteiger partial charge >= 0.3 is 0 Å². The molecule has 1 aromatic carbocycles. The third kappa shape index (κ3) is 4.51. The first-order chi connectivity index (χ1) is 13.0. The predicted molar refractivity (Wildman–Crippen MR) is 100 cm³/mol. The van der Waals surface area contributed by atoms with Gasteiger partial charge in [-0.1, -0.05) is 6.07 Å². The van der Waals surface area contributed by atoms with Gasteiger partial charge in [-0.3, -0.25) is 14.4 Å². The van der Waals surface area contributed by atoms with Gasteiger partial charge in [0.15, 0.2) is 0 Å². The number of hydrogen-bond acceptors (Lipinski definition) is 4. The predicted octanol–water partition coefficient (Wildman–Crippen LogP) is 1.99. The fraction of sp³-hybridized carbons (Fsp3) is 0.316. The second-order valence-corrected chi connectivity index (χ2v) is 7.24. The van der Waals surface area contributed by atoms with Crippen molar-refractivity contribution in [2.45, 2.75) is 13.0 Å². The molecule has 3 amide bonds. The molecule has 0 radical (unpaired) electrons. The average molecular weight is 389 g/mol. The topological polar surface area (TPSA) is 69.7 Å². The summed E-state index contributed by atoms with van der Waals surface area (Å²) < 4.78 is 13.0. The van der Waals surface area contributed by atoms with Gasteiger partial charge in [0.05, 0.1) is 4.88 Å². The summed E-state index contributed by atoms with van der Waals surface area (Å²) in [5, 5.41) is 4.51. The number of hydrogen-bond donors (Lipinski definition) is 1. The molecular weight excluding hydrogens is 369 g/mol. The minimum absolute atomic E-state index is 0.172. The van der Waals surface area contributed by atoms with E-state index < -0.39 is 6.04 Å². The highest BCUT2D eigenvalue weighted by Crippen LogP contribution is 2.12. The van der Waals surface area contributed by atoms with E-state index in [1.54, 1.807) is 34.2 Å². The lowest BCUT2D eigenvalue weighted by Crippen LogP contribution is -2.55. The van der Waals surface area contributed by atoms with E-state index in [4.69, 9.17) is 0 Å². The zero-order chi connectivity index (χ0) is 19.4. The van der Waals surface area contributed by atoms with Gasteiger partial charge in [0.1, 0.15) is 11.9 Å². The van der Waals surface area contributed by atoms with E-state index in [2.05, 4.69) is 5.32 Å². The van der Waals surface area contributed by atoms with E-state index >= 15 is 0 Å². The van der Waals surface area contributed by atoms with Gasteiger partial charge in [0.2, 0.25) is 5.91 Å². The minimum Gasteiger partial charge on any atom is -0.340 e. The lowest BCUT2D eigenvalue weighted by atomic mass is 10.1. The largest absolute Gasteiger partial charge is 0.340 e. The van der Waals surface area contributed by atoms with Crippen molar-refractivity contribution in [3.05, 3.63) is 58.0 Å². The Morgan fingerprint density at radius 3 is 2.26 bits per heavy atom. The summed E-state index contributed by atoms with van der Waals surface area (Å²) in [4.78, 5) is 40.9. The van der Waals surface area contributed by atoms with Gasteiger partial charge in [0, 0.05) is 31.7 Å². The molecule has 6 nitrogen and oxygen atoms in total. The van der Waals surface area contributed by atoms with Crippen LogP contribution in [0.1, 0.15) is 27.0 Å². The summed E-state index contributed by atoms with van der Waals surface area (Å²) in [5.41, 5.74) is 0.424. The molecule has 27 heavy (non-hydrogen) atoms. The molecule has 3 rings (SSSR count). The fourth-order valence-electron chi connectivity index (χ4n) is 2.92. The molecule has 0 bridgehead atoms. The van der Waals surface area contributed by atoms with E-state index in [1.807, 2.05) is 0 Å². The molecule has 1 saturated heterocycles. The van der Waals surface area contributed by atoms with Crippen LogP contribution in [0, 0.1) is 5.82 Å². The highest BCUT2D eigenvalue weighted by molar-refractivity contribution is 7.12. The Labute approximate surface area is 160 Å². The van der Waals surface area contributed by atoms with Crippen molar-refractivity contribution in [1.29, 1.82) is 0 Å². The standard InChI is InChI=1S/C19H20FN3O3S/c1-13(21-17(24)16-3-2-12-27-16)18(25)22-8-10-23(11-9-22)19(26)14-4-6-15(20)7-5-14/h2-7,12-13H,8-11H2,1H3,(H,21,24). The number of benzene rings is 1. The quantitative estimate of drug-likeness (QED) is 0.870. The van der Waals surface area contributed by atoms with Crippen LogP contribution in [-0.4, -0.2) is 59.7 Å². The van der Waals surface area contributed by atoms with Crippen LogP contribution < -0.4 is 5.32 Å². The highest BCUT2D eigenvalue weighted by atomic mass is 32.1. The summed E-state index contributed by atoms with van der Waals surface area (Å²) >= 11 is 1.32. The summed E-state index contributed by atoms with van der Waals surface area (Å²) in [6.45, 7) is 3.24. The SMILES string of the molecule is CC(NC(=O)c1cccs1)C(=O)N1CCN(C(=O)c2ccc(F)cc2)CC1. The van der Waals surface area contributed by atoms with Crippen LogP contribution >= 0.6 is 11.3 Å².